The van der Waals surface area contributed by atoms with Crippen LogP contribution in [0.4, 0.5) is 0 Å². The van der Waals surface area contributed by atoms with Gasteiger partial charge in [-0.1, -0.05) is 151 Å². The van der Waals surface area contributed by atoms with Gasteiger partial charge in [-0.2, -0.15) is 0 Å². The molecule has 0 spiro atoms. The van der Waals surface area contributed by atoms with Gasteiger partial charge in [-0.05, 0) is 42.7 Å². The maximum absolute atomic E-state index is 13.8. The minimum atomic E-state index is -0.116. The second kappa shape index (κ2) is 18.8. The van der Waals surface area contributed by atoms with E-state index < -0.39 is 0 Å². The molecule has 0 bridgehead atoms. The number of rotatable bonds is 20. The van der Waals surface area contributed by atoms with Crippen molar-refractivity contribution in [2.45, 2.75) is 110 Å². The number of ether oxygens (including phenoxy) is 1. The van der Waals surface area contributed by atoms with Crippen LogP contribution in [0.3, 0.4) is 0 Å². The Balaban J connectivity index is 1.36. The maximum Gasteiger partial charge on any atom is 0.231 e. The Morgan fingerprint density at radius 3 is 1.89 bits per heavy atom. The van der Waals surface area contributed by atoms with Gasteiger partial charge < -0.3 is 14.4 Å². The number of aromatic hydroxyl groups is 1. The minimum Gasteiger partial charge on any atom is -0.508 e. The first-order chi connectivity index (χ1) is 21.7. The highest BCUT2D eigenvalue weighted by Gasteiger charge is 2.19. The molecular formula is C40H51NO3. The molecule has 4 rings (SSSR count). The fourth-order valence-corrected chi connectivity index (χ4v) is 5.87. The second-order valence-corrected chi connectivity index (χ2v) is 12.0. The summed E-state index contributed by atoms with van der Waals surface area (Å²) in [7, 11) is 0. The molecule has 3 aromatic carbocycles. The number of hydrogen-bond acceptors (Lipinski definition) is 3. The molecule has 0 radical (unpaired) electrons. The number of fused-ring (bicyclic) bond motifs is 1. The molecule has 0 atom stereocenters. The summed E-state index contributed by atoms with van der Waals surface area (Å²) in [5, 5.41) is 10.3. The monoisotopic (exact) mass is 593 g/mol. The Morgan fingerprint density at radius 1 is 0.682 bits per heavy atom. The van der Waals surface area contributed by atoms with Crippen molar-refractivity contribution in [1.29, 1.82) is 0 Å². The lowest BCUT2D eigenvalue weighted by atomic mass is 10.0. The van der Waals surface area contributed by atoms with Crippen molar-refractivity contribution in [3.63, 3.8) is 0 Å². The van der Waals surface area contributed by atoms with E-state index in [0.29, 0.717) is 11.1 Å². The summed E-state index contributed by atoms with van der Waals surface area (Å²) >= 11 is 0. The van der Waals surface area contributed by atoms with Crippen LogP contribution in [0.2, 0.25) is 0 Å². The Kier molecular flexibility index (Phi) is 14.1. The first-order valence-corrected chi connectivity index (χ1v) is 17.0. The van der Waals surface area contributed by atoms with Crippen molar-refractivity contribution in [2.24, 2.45) is 0 Å². The van der Waals surface area contributed by atoms with E-state index in [1.54, 1.807) is 12.1 Å². The highest BCUT2D eigenvalue weighted by Crippen LogP contribution is 2.32. The lowest BCUT2D eigenvalue weighted by molar-refractivity contribution is 0.303. The van der Waals surface area contributed by atoms with Gasteiger partial charge >= 0.3 is 0 Å². The number of phenols is 1. The van der Waals surface area contributed by atoms with E-state index in [-0.39, 0.29) is 17.8 Å². The van der Waals surface area contributed by atoms with Crippen LogP contribution in [0, 0.1) is 0 Å². The summed E-state index contributed by atoms with van der Waals surface area (Å²) < 4.78 is 8.39. The number of allylic oxidation sites excluding steroid dienone is 1. The van der Waals surface area contributed by atoms with E-state index in [1.165, 1.54) is 83.5 Å². The predicted octanol–water partition coefficient (Wildman–Crippen LogP) is 11.3. The molecular weight excluding hydrogens is 542 g/mol. The fraction of sp³-hybridized carbons (Fsp3) is 0.425. The molecule has 234 valence electrons. The maximum atomic E-state index is 13.8. The van der Waals surface area contributed by atoms with E-state index in [4.69, 9.17) is 4.74 Å². The Labute approximate surface area is 264 Å². The summed E-state index contributed by atoms with van der Waals surface area (Å²) in [4.78, 5) is 13.8. The number of benzene rings is 3. The lowest BCUT2D eigenvalue weighted by Gasteiger charge is -2.19. The number of hydrogen-bond donors (Lipinski definition) is 1. The first-order valence-electron chi connectivity index (χ1n) is 17.0. The second-order valence-electron chi connectivity index (χ2n) is 12.0. The zero-order valence-corrected chi connectivity index (χ0v) is 26.7. The van der Waals surface area contributed by atoms with Crippen molar-refractivity contribution in [2.75, 3.05) is 0 Å². The molecule has 1 aromatic heterocycles. The van der Waals surface area contributed by atoms with Crippen LogP contribution in [0.25, 0.3) is 28.4 Å². The van der Waals surface area contributed by atoms with Gasteiger partial charge in [-0.25, -0.2) is 0 Å². The van der Waals surface area contributed by atoms with Crippen LogP contribution in [-0.4, -0.2) is 9.67 Å². The molecule has 1 N–H and O–H groups in total. The number of nitrogens with zero attached hydrogens (tertiary/aromatic N) is 1. The van der Waals surface area contributed by atoms with Crippen LogP contribution in [0.1, 0.15) is 109 Å². The zero-order chi connectivity index (χ0) is 30.8. The molecule has 0 amide bonds. The van der Waals surface area contributed by atoms with Crippen molar-refractivity contribution in [1.82, 2.24) is 4.57 Å². The zero-order valence-electron chi connectivity index (χ0n) is 26.7. The highest BCUT2D eigenvalue weighted by atomic mass is 16.5. The van der Waals surface area contributed by atoms with Gasteiger partial charge in [0, 0.05) is 17.1 Å². The molecule has 4 nitrogen and oxygen atoms in total. The number of aromatic nitrogens is 1. The summed E-state index contributed by atoms with van der Waals surface area (Å²) in [5.41, 5.74) is 3.32. The molecule has 0 fully saturated rings. The van der Waals surface area contributed by atoms with Gasteiger partial charge in [-0.3, -0.25) is 4.79 Å². The number of para-hydroxylation sites is 1. The molecule has 4 aromatic rings. The van der Waals surface area contributed by atoms with Gasteiger partial charge in [-0.15, -0.1) is 0 Å². The van der Waals surface area contributed by atoms with Crippen LogP contribution in [0.5, 0.6) is 11.5 Å². The molecule has 0 aliphatic rings. The summed E-state index contributed by atoms with van der Waals surface area (Å²) in [6.45, 7) is 2.51. The molecule has 0 saturated heterocycles. The molecule has 0 unspecified atom stereocenters. The molecule has 1 heterocycles. The van der Waals surface area contributed by atoms with E-state index >= 15 is 0 Å². The SMILES string of the molecule is CCCCCCCCCCCCCCCCC=Cn1c(-c2ccccc2)c(OCc2ccc(O)cc2)c(=O)c2ccccc21. The number of pyridine rings is 1. The topological polar surface area (TPSA) is 51.5 Å². The van der Waals surface area contributed by atoms with Crippen LogP contribution >= 0.6 is 0 Å². The summed E-state index contributed by atoms with van der Waals surface area (Å²) in [6, 6.07) is 24.7. The third-order valence-electron chi connectivity index (χ3n) is 8.42. The van der Waals surface area contributed by atoms with E-state index in [9.17, 15) is 9.90 Å². The van der Waals surface area contributed by atoms with Crippen molar-refractivity contribution >= 4 is 17.1 Å². The van der Waals surface area contributed by atoms with Crippen molar-refractivity contribution in [3.8, 4) is 22.8 Å². The quantitative estimate of drug-likeness (QED) is 0.104. The molecule has 0 aliphatic carbocycles. The van der Waals surface area contributed by atoms with Crippen LogP contribution < -0.4 is 10.2 Å². The van der Waals surface area contributed by atoms with Crippen molar-refractivity contribution in [3.05, 3.63) is 101 Å². The summed E-state index contributed by atoms with van der Waals surface area (Å²) in [5.74, 6) is 0.542. The van der Waals surface area contributed by atoms with E-state index in [1.807, 2.05) is 66.7 Å². The van der Waals surface area contributed by atoms with E-state index in [0.717, 1.165) is 35.2 Å². The van der Waals surface area contributed by atoms with Crippen LogP contribution in [0.15, 0.2) is 89.7 Å². The largest absolute Gasteiger partial charge is 0.508 e. The van der Waals surface area contributed by atoms with Crippen molar-refractivity contribution < 1.29 is 9.84 Å². The Hall–Kier alpha value is -3.79. The number of unbranched alkanes of at least 4 members (excludes halogenated alkanes) is 14. The third-order valence-corrected chi connectivity index (χ3v) is 8.42. The standard InChI is InChI=1S/C40H51NO3/c1-2-3-4-5-6-7-8-9-10-11-12-13-14-15-16-22-31-41-37-26-21-20-25-36(37)39(43)40(38(41)34-23-18-17-19-24-34)44-32-33-27-29-35(42)30-28-33/h17-31,42H,2-16,32H2,1H3. The van der Waals surface area contributed by atoms with Gasteiger partial charge in [0.15, 0.2) is 5.75 Å². The first kappa shape index (κ1) is 33.1. The Bertz CT molecular complexity index is 1470. The average molecular weight is 594 g/mol. The normalized spacial score (nSPS) is 11.5. The average Bonchev–Trinajstić information content (AvgIpc) is 3.06. The highest BCUT2D eigenvalue weighted by molar-refractivity contribution is 5.88. The van der Waals surface area contributed by atoms with Gasteiger partial charge in [0.25, 0.3) is 0 Å². The van der Waals surface area contributed by atoms with Crippen LogP contribution in [-0.2, 0) is 6.61 Å². The summed E-state index contributed by atoms with van der Waals surface area (Å²) in [6.07, 6.45) is 24.3. The molecule has 0 saturated carbocycles. The van der Waals surface area contributed by atoms with Gasteiger partial charge in [0.1, 0.15) is 12.4 Å². The van der Waals surface area contributed by atoms with E-state index in [2.05, 4.69) is 23.8 Å². The number of phenolic OH excluding ortho intramolecular Hbond substituents is 1. The molecule has 0 aliphatic heterocycles. The fourth-order valence-electron chi connectivity index (χ4n) is 5.87. The van der Waals surface area contributed by atoms with Gasteiger partial charge in [0.2, 0.25) is 5.43 Å². The van der Waals surface area contributed by atoms with Gasteiger partial charge in [0.05, 0.1) is 11.2 Å². The third kappa shape index (κ3) is 10.1. The minimum absolute atomic E-state index is 0.116. The molecule has 44 heavy (non-hydrogen) atoms. The molecule has 4 heteroatoms. The predicted molar refractivity (Wildman–Crippen MR) is 186 cm³/mol. The lowest BCUT2D eigenvalue weighted by Crippen LogP contribution is -2.15. The smallest absolute Gasteiger partial charge is 0.231 e. The Morgan fingerprint density at radius 2 is 1.25 bits per heavy atom.